The third-order valence-electron chi connectivity index (χ3n) is 0.955. The Labute approximate surface area is 82.1 Å². The van der Waals surface area contributed by atoms with E-state index in [4.69, 9.17) is 11.6 Å². The second-order valence-corrected chi connectivity index (χ2v) is 4.29. The van der Waals surface area contributed by atoms with Gasteiger partial charge in [-0.1, -0.05) is 0 Å². The number of esters is 1. The Morgan fingerprint density at radius 1 is 1.54 bits per heavy atom. The average molecular weight is 231 g/mol. The lowest BCUT2D eigenvalue weighted by molar-refractivity contribution is -0.143. The molecule has 0 aliphatic heterocycles. The molecule has 0 N–H and O–H groups in total. The van der Waals surface area contributed by atoms with Gasteiger partial charge in [-0.3, -0.25) is 8.98 Å². The number of hydrogen-bond acceptors (Lipinski definition) is 5. The van der Waals surface area contributed by atoms with Gasteiger partial charge in [0.15, 0.2) is 0 Å². The number of hydrogen-bond donors (Lipinski definition) is 0. The Kier molecular flexibility index (Phi) is 5.27. The molecule has 0 saturated carbocycles. The standard InChI is InChI=1S/C6H11ClO5S/c1-5(8)11-4-6(3-7)12-13(2,9)10/h6H,3-4H2,1-2H3. The van der Waals surface area contributed by atoms with Crippen molar-refractivity contribution < 1.29 is 22.1 Å². The van der Waals surface area contributed by atoms with E-state index in [0.29, 0.717) is 0 Å². The first kappa shape index (κ1) is 12.7. The molecule has 1 unspecified atom stereocenters. The number of rotatable bonds is 5. The van der Waals surface area contributed by atoms with E-state index in [2.05, 4.69) is 8.92 Å². The molecule has 0 radical (unpaired) electrons. The van der Waals surface area contributed by atoms with Gasteiger partial charge in [0.05, 0.1) is 12.1 Å². The van der Waals surface area contributed by atoms with Crippen LogP contribution in [0.25, 0.3) is 0 Å². The zero-order valence-corrected chi connectivity index (χ0v) is 8.89. The quantitative estimate of drug-likeness (QED) is 0.382. The first-order valence-electron chi connectivity index (χ1n) is 3.42. The Morgan fingerprint density at radius 2 is 2.08 bits per heavy atom. The summed E-state index contributed by atoms with van der Waals surface area (Å²) in [5.41, 5.74) is 0. The molecule has 0 aliphatic rings. The molecule has 7 heteroatoms. The highest BCUT2D eigenvalue weighted by atomic mass is 35.5. The molecule has 0 aromatic heterocycles. The molecule has 0 rings (SSSR count). The van der Waals surface area contributed by atoms with Crippen molar-refractivity contribution in [1.82, 2.24) is 0 Å². The topological polar surface area (TPSA) is 69.7 Å². The number of carbonyl (C=O) groups excluding carboxylic acids is 1. The predicted octanol–water partition coefficient (Wildman–Crippen LogP) is 0.133. The van der Waals surface area contributed by atoms with E-state index in [-0.39, 0.29) is 12.5 Å². The van der Waals surface area contributed by atoms with Crippen LogP contribution in [-0.2, 0) is 23.8 Å². The van der Waals surface area contributed by atoms with Crippen LogP contribution < -0.4 is 0 Å². The molecule has 0 saturated heterocycles. The Balaban J connectivity index is 3.98. The molecule has 0 spiro atoms. The minimum atomic E-state index is -3.56. The van der Waals surface area contributed by atoms with E-state index < -0.39 is 22.2 Å². The largest absolute Gasteiger partial charge is 0.463 e. The summed E-state index contributed by atoms with van der Waals surface area (Å²) in [5.74, 6) is -0.562. The zero-order chi connectivity index (χ0) is 10.5. The van der Waals surface area contributed by atoms with Crippen molar-refractivity contribution in [2.75, 3.05) is 18.7 Å². The molecule has 13 heavy (non-hydrogen) atoms. The van der Waals surface area contributed by atoms with Crippen molar-refractivity contribution in [3.8, 4) is 0 Å². The van der Waals surface area contributed by atoms with Gasteiger partial charge < -0.3 is 4.74 Å². The maximum absolute atomic E-state index is 10.6. The van der Waals surface area contributed by atoms with Crippen molar-refractivity contribution in [2.24, 2.45) is 0 Å². The molecule has 0 amide bonds. The van der Waals surface area contributed by atoms with Gasteiger partial charge in [0.2, 0.25) is 0 Å². The summed E-state index contributed by atoms with van der Waals surface area (Å²) < 4.78 is 30.3. The third-order valence-corrected chi connectivity index (χ3v) is 1.92. The lowest BCUT2D eigenvalue weighted by atomic mass is 10.4. The minimum absolute atomic E-state index is 0.0552. The minimum Gasteiger partial charge on any atom is -0.463 e. The van der Waals surface area contributed by atoms with E-state index in [1.54, 1.807) is 0 Å². The molecular formula is C6H11ClO5S. The van der Waals surface area contributed by atoms with Crippen molar-refractivity contribution in [2.45, 2.75) is 13.0 Å². The first-order valence-corrected chi connectivity index (χ1v) is 5.78. The smallest absolute Gasteiger partial charge is 0.302 e. The molecule has 0 bridgehead atoms. The lowest BCUT2D eigenvalue weighted by Crippen LogP contribution is -2.25. The summed E-state index contributed by atoms with van der Waals surface area (Å²) in [7, 11) is -3.56. The molecule has 1 atom stereocenters. The lowest BCUT2D eigenvalue weighted by Gasteiger charge is -2.12. The fourth-order valence-corrected chi connectivity index (χ4v) is 1.40. The van der Waals surface area contributed by atoms with Crippen molar-refractivity contribution in [3.05, 3.63) is 0 Å². The Hall–Kier alpha value is -0.330. The van der Waals surface area contributed by atoms with Crippen LogP contribution in [-0.4, -0.2) is 39.2 Å². The molecule has 0 aromatic rings. The third kappa shape index (κ3) is 8.01. The van der Waals surface area contributed by atoms with E-state index in [1.807, 2.05) is 0 Å². The van der Waals surface area contributed by atoms with Crippen molar-refractivity contribution in [3.63, 3.8) is 0 Å². The van der Waals surface area contributed by atoms with Crippen molar-refractivity contribution in [1.29, 1.82) is 0 Å². The summed E-state index contributed by atoms with van der Waals surface area (Å²) in [6, 6.07) is 0. The molecule has 0 fully saturated rings. The van der Waals surface area contributed by atoms with Crippen LogP contribution in [0.15, 0.2) is 0 Å². The normalized spacial score (nSPS) is 13.8. The SMILES string of the molecule is CC(=O)OCC(CCl)OS(C)(=O)=O. The second kappa shape index (κ2) is 5.41. The summed E-state index contributed by atoms with van der Waals surface area (Å²) in [5, 5.41) is 0. The van der Waals surface area contributed by atoms with E-state index in [0.717, 1.165) is 6.26 Å². The highest BCUT2D eigenvalue weighted by molar-refractivity contribution is 7.86. The van der Waals surface area contributed by atoms with Crippen LogP contribution in [0.2, 0.25) is 0 Å². The molecule has 0 heterocycles. The van der Waals surface area contributed by atoms with E-state index in [9.17, 15) is 13.2 Å². The number of carbonyl (C=O) groups is 1. The van der Waals surface area contributed by atoms with Crippen molar-refractivity contribution >= 4 is 27.7 Å². The molecule has 0 aliphatic carbocycles. The molecular weight excluding hydrogens is 220 g/mol. The van der Waals surface area contributed by atoms with Gasteiger partial charge in [-0.05, 0) is 0 Å². The molecule has 78 valence electrons. The van der Waals surface area contributed by atoms with E-state index >= 15 is 0 Å². The highest BCUT2D eigenvalue weighted by Gasteiger charge is 2.15. The van der Waals surface area contributed by atoms with Gasteiger partial charge in [-0.15, -0.1) is 11.6 Å². The number of halogens is 1. The highest BCUT2D eigenvalue weighted by Crippen LogP contribution is 2.01. The van der Waals surface area contributed by atoms with Gasteiger partial charge in [0.25, 0.3) is 10.1 Å². The van der Waals surface area contributed by atoms with Gasteiger partial charge in [-0.25, -0.2) is 0 Å². The summed E-state index contributed by atoms with van der Waals surface area (Å²) >= 11 is 5.38. The number of ether oxygens (including phenoxy) is 1. The van der Waals surface area contributed by atoms with Gasteiger partial charge in [0.1, 0.15) is 12.7 Å². The Morgan fingerprint density at radius 3 is 2.38 bits per heavy atom. The zero-order valence-electron chi connectivity index (χ0n) is 7.32. The van der Waals surface area contributed by atoms with Gasteiger partial charge >= 0.3 is 5.97 Å². The second-order valence-electron chi connectivity index (χ2n) is 2.38. The maximum atomic E-state index is 10.6. The molecule has 0 aromatic carbocycles. The first-order chi connectivity index (χ1) is 5.85. The summed E-state index contributed by atoms with van der Waals surface area (Å²) in [6.07, 6.45) is 0.0842. The van der Waals surface area contributed by atoms with Crippen LogP contribution in [0.4, 0.5) is 0 Å². The maximum Gasteiger partial charge on any atom is 0.302 e. The Bertz CT molecular complexity index is 260. The monoisotopic (exact) mass is 230 g/mol. The van der Waals surface area contributed by atoms with Gasteiger partial charge in [0, 0.05) is 6.92 Å². The van der Waals surface area contributed by atoms with Crippen LogP contribution in [0.5, 0.6) is 0 Å². The van der Waals surface area contributed by atoms with Crippen LogP contribution >= 0.6 is 11.6 Å². The fraction of sp³-hybridized carbons (Fsp3) is 0.833. The van der Waals surface area contributed by atoms with Crippen LogP contribution in [0.1, 0.15) is 6.92 Å². The summed E-state index contributed by atoms with van der Waals surface area (Å²) in [4.78, 5) is 10.4. The fourth-order valence-electron chi connectivity index (χ4n) is 0.556. The van der Waals surface area contributed by atoms with E-state index in [1.165, 1.54) is 6.92 Å². The predicted molar refractivity (Wildman–Crippen MR) is 47.1 cm³/mol. The molecule has 5 nitrogen and oxygen atoms in total. The van der Waals surface area contributed by atoms with Crippen LogP contribution in [0, 0.1) is 0 Å². The number of alkyl halides is 1. The summed E-state index contributed by atoms with van der Waals surface area (Å²) in [6.45, 7) is 1.05. The van der Waals surface area contributed by atoms with Gasteiger partial charge in [-0.2, -0.15) is 8.42 Å². The average Bonchev–Trinajstić information content (AvgIpc) is 1.95. The van der Waals surface area contributed by atoms with Crippen LogP contribution in [0.3, 0.4) is 0 Å².